The molecule has 0 aliphatic carbocycles. The van der Waals surface area contributed by atoms with Crippen molar-refractivity contribution in [1.82, 2.24) is 15.5 Å². The maximum atomic E-state index is 14.0. The molecule has 0 saturated carbocycles. The fraction of sp³-hybridized carbons (Fsp3) is 0.650. The zero-order valence-corrected chi connectivity index (χ0v) is 19.3. The van der Waals surface area contributed by atoms with Gasteiger partial charge in [0, 0.05) is 45.8 Å². The molecule has 0 bridgehead atoms. The fourth-order valence-corrected chi connectivity index (χ4v) is 3.75. The number of nitrogens with zero attached hydrogens (tertiary/aromatic N) is 3. The summed E-state index contributed by atoms with van der Waals surface area (Å²) >= 11 is 0. The van der Waals surface area contributed by atoms with Crippen LogP contribution in [-0.4, -0.2) is 76.4 Å². The maximum Gasteiger partial charge on any atom is 0.191 e. The Morgan fingerprint density at radius 1 is 1.17 bits per heavy atom. The molecule has 2 aliphatic rings. The minimum Gasteiger partial charge on any atom is -0.379 e. The molecule has 9 heteroatoms. The van der Waals surface area contributed by atoms with Crippen molar-refractivity contribution in [2.75, 3.05) is 64.4 Å². The number of unbranched alkanes of at least 4 members (excludes halogenated alkanes) is 1. The third kappa shape index (κ3) is 7.21. The summed E-state index contributed by atoms with van der Waals surface area (Å²) < 4.78 is 33.3. The molecule has 0 aromatic heterocycles. The highest BCUT2D eigenvalue weighted by Gasteiger charge is 2.27. The number of aliphatic imine (C=N–C) groups is 1. The van der Waals surface area contributed by atoms with E-state index in [-0.39, 0.29) is 35.7 Å². The number of hydrogen-bond donors (Lipinski definition) is 2. The van der Waals surface area contributed by atoms with E-state index < -0.39 is 11.6 Å². The predicted octanol–water partition coefficient (Wildman–Crippen LogP) is 2.44. The van der Waals surface area contributed by atoms with E-state index in [0.717, 1.165) is 64.6 Å². The summed E-state index contributed by atoms with van der Waals surface area (Å²) in [5.41, 5.74) is 0.0675. The zero-order valence-electron chi connectivity index (χ0n) is 17.0. The fourth-order valence-electron chi connectivity index (χ4n) is 3.75. The normalized spacial score (nSPS) is 20.4. The number of ether oxygens (including phenoxy) is 1. The van der Waals surface area contributed by atoms with E-state index in [4.69, 9.17) is 4.74 Å². The highest BCUT2D eigenvalue weighted by Crippen LogP contribution is 2.26. The lowest BCUT2D eigenvalue weighted by Gasteiger charge is -2.26. The lowest BCUT2D eigenvalue weighted by Crippen LogP contribution is -2.45. The summed E-state index contributed by atoms with van der Waals surface area (Å²) in [6.45, 7) is 6.84. The van der Waals surface area contributed by atoms with Crippen LogP contribution in [0.25, 0.3) is 0 Å². The third-order valence-electron chi connectivity index (χ3n) is 5.30. The first-order chi connectivity index (χ1) is 13.7. The van der Waals surface area contributed by atoms with Crippen molar-refractivity contribution in [1.29, 1.82) is 0 Å². The molecule has 1 aromatic rings. The molecule has 1 unspecified atom stereocenters. The van der Waals surface area contributed by atoms with Crippen molar-refractivity contribution in [2.24, 2.45) is 4.99 Å². The Morgan fingerprint density at radius 3 is 2.59 bits per heavy atom. The molecule has 3 rings (SSSR count). The first kappa shape index (κ1) is 24.1. The van der Waals surface area contributed by atoms with Crippen molar-refractivity contribution in [2.45, 2.75) is 25.3 Å². The van der Waals surface area contributed by atoms with Gasteiger partial charge in [-0.05, 0) is 37.9 Å². The quantitative estimate of drug-likeness (QED) is 0.249. The van der Waals surface area contributed by atoms with Crippen LogP contribution in [0.1, 0.15) is 19.3 Å². The molecule has 1 aromatic carbocycles. The van der Waals surface area contributed by atoms with Gasteiger partial charge in [0.15, 0.2) is 5.96 Å². The average Bonchev–Trinajstić information content (AvgIpc) is 3.15. The van der Waals surface area contributed by atoms with Crippen LogP contribution >= 0.6 is 24.0 Å². The van der Waals surface area contributed by atoms with Gasteiger partial charge in [-0.3, -0.25) is 9.89 Å². The van der Waals surface area contributed by atoms with Crippen LogP contribution in [0.3, 0.4) is 0 Å². The number of halogens is 3. The topological polar surface area (TPSA) is 52.1 Å². The van der Waals surface area contributed by atoms with Crippen LogP contribution in [0.15, 0.2) is 23.2 Å². The number of benzene rings is 1. The Kier molecular flexibility index (Phi) is 10.4. The molecule has 2 fully saturated rings. The van der Waals surface area contributed by atoms with Gasteiger partial charge in [-0.1, -0.05) is 6.07 Å². The van der Waals surface area contributed by atoms with Crippen LogP contribution in [0.2, 0.25) is 0 Å². The van der Waals surface area contributed by atoms with Crippen molar-refractivity contribution in [3.8, 4) is 0 Å². The van der Waals surface area contributed by atoms with Crippen LogP contribution in [0, 0.1) is 11.6 Å². The lowest BCUT2D eigenvalue weighted by atomic mass is 10.2. The Labute approximate surface area is 189 Å². The minimum atomic E-state index is -0.511. The van der Waals surface area contributed by atoms with Crippen molar-refractivity contribution in [3.63, 3.8) is 0 Å². The van der Waals surface area contributed by atoms with Crippen LogP contribution < -0.4 is 15.5 Å². The van der Waals surface area contributed by atoms with E-state index in [0.29, 0.717) is 13.1 Å². The van der Waals surface area contributed by atoms with Gasteiger partial charge in [-0.2, -0.15) is 0 Å². The molecular formula is C20H32F2IN5O. The van der Waals surface area contributed by atoms with Crippen LogP contribution in [-0.2, 0) is 4.74 Å². The Balaban J connectivity index is 0.00000300. The van der Waals surface area contributed by atoms with Gasteiger partial charge < -0.3 is 20.3 Å². The molecule has 0 spiro atoms. The number of rotatable bonds is 7. The number of hydrogen-bond acceptors (Lipinski definition) is 4. The molecule has 2 N–H and O–H groups in total. The maximum absolute atomic E-state index is 14.0. The van der Waals surface area contributed by atoms with Gasteiger partial charge >= 0.3 is 0 Å². The summed E-state index contributed by atoms with van der Waals surface area (Å²) in [6.07, 6.45) is 3.01. The largest absolute Gasteiger partial charge is 0.379 e. The Morgan fingerprint density at radius 2 is 1.90 bits per heavy atom. The number of morpholine rings is 1. The molecule has 2 heterocycles. The second-order valence-electron chi connectivity index (χ2n) is 7.31. The van der Waals surface area contributed by atoms with E-state index in [9.17, 15) is 8.78 Å². The van der Waals surface area contributed by atoms with Crippen molar-refractivity contribution < 1.29 is 13.5 Å². The van der Waals surface area contributed by atoms with Crippen LogP contribution in [0.4, 0.5) is 14.5 Å². The van der Waals surface area contributed by atoms with Gasteiger partial charge in [-0.15, -0.1) is 24.0 Å². The second kappa shape index (κ2) is 12.5. The first-order valence-corrected chi connectivity index (χ1v) is 10.1. The Hall–Kier alpha value is -1.20. The summed E-state index contributed by atoms with van der Waals surface area (Å²) in [5, 5.41) is 6.71. The molecule has 2 saturated heterocycles. The highest BCUT2D eigenvalue weighted by atomic mass is 127. The second-order valence-corrected chi connectivity index (χ2v) is 7.31. The SMILES string of the molecule is CN=C(NCCCCN1CCOCC1)NC1CCN(c2c(F)cccc2F)C1.I. The zero-order chi connectivity index (χ0) is 19.8. The van der Waals surface area contributed by atoms with E-state index in [1.807, 2.05) is 0 Å². The average molecular weight is 523 g/mol. The lowest BCUT2D eigenvalue weighted by molar-refractivity contribution is 0.0372. The number of para-hydroxylation sites is 1. The van der Waals surface area contributed by atoms with Gasteiger partial charge in [-0.25, -0.2) is 8.78 Å². The molecule has 0 radical (unpaired) electrons. The van der Waals surface area contributed by atoms with Gasteiger partial charge in [0.25, 0.3) is 0 Å². The summed E-state index contributed by atoms with van der Waals surface area (Å²) in [6, 6.07) is 4.11. The number of anilines is 1. The van der Waals surface area contributed by atoms with Gasteiger partial charge in [0.1, 0.15) is 17.3 Å². The smallest absolute Gasteiger partial charge is 0.191 e. The summed E-state index contributed by atoms with van der Waals surface area (Å²) in [5.74, 6) is -0.279. The molecule has 29 heavy (non-hydrogen) atoms. The predicted molar refractivity (Wildman–Crippen MR) is 123 cm³/mol. The molecule has 164 valence electrons. The summed E-state index contributed by atoms with van der Waals surface area (Å²) in [7, 11) is 1.74. The molecule has 0 amide bonds. The standard InChI is InChI=1S/C20H31F2N5O.HI/c1-23-20(24-8-2-3-9-26-11-13-28-14-12-26)25-16-7-10-27(15-16)19-17(21)5-4-6-18(19)22;/h4-6,16H,2-3,7-15H2,1H3,(H2,23,24,25);1H. The Bertz CT molecular complexity index is 638. The molecular weight excluding hydrogens is 491 g/mol. The van der Waals surface area contributed by atoms with E-state index in [1.165, 1.54) is 18.2 Å². The first-order valence-electron chi connectivity index (χ1n) is 10.1. The van der Waals surface area contributed by atoms with Crippen molar-refractivity contribution in [3.05, 3.63) is 29.8 Å². The number of guanidine groups is 1. The minimum absolute atomic E-state index is 0. The third-order valence-corrected chi connectivity index (χ3v) is 5.30. The highest BCUT2D eigenvalue weighted by molar-refractivity contribution is 14.0. The molecule has 6 nitrogen and oxygen atoms in total. The van der Waals surface area contributed by atoms with E-state index >= 15 is 0 Å². The molecule has 1 atom stereocenters. The monoisotopic (exact) mass is 523 g/mol. The van der Waals surface area contributed by atoms with Gasteiger partial charge in [0.2, 0.25) is 0 Å². The van der Waals surface area contributed by atoms with Crippen molar-refractivity contribution >= 4 is 35.6 Å². The molecule has 2 aliphatic heterocycles. The summed E-state index contributed by atoms with van der Waals surface area (Å²) in [4.78, 5) is 8.47. The van der Waals surface area contributed by atoms with Gasteiger partial charge in [0.05, 0.1) is 13.2 Å². The number of nitrogens with one attached hydrogen (secondary N) is 2. The van der Waals surface area contributed by atoms with Crippen LogP contribution in [0.5, 0.6) is 0 Å². The van der Waals surface area contributed by atoms with E-state index in [1.54, 1.807) is 11.9 Å². The van der Waals surface area contributed by atoms with E-state index in [2.05, 4.69) is 20.5 Å².